The third-order valence-electron chi connectivity index (χ3n) is 7.60. The Morgan fingerprint density at radius 1 is 1.00 bits per heavy atom. The quantitative estimate of drug-likeness (QED) is 0.187. The highest BCUT2D eigenvalue weighted by Gasteiger charge is 2.38. The topological polar surface area (TPSA) is 109 Å². The Morgan fingerprint density at radius 3 is 2.31 bits per heavy atom. The molecule has 2 atom stereocenters. The molecule has 3 aromatic carbocycles. The van der Waals surface area contributed by atoms with Crippen molar-refractivity contribution < 1.29 is 33.0 Å². The maximum atomic E-state index is 13.5. The number of halogens is 4. The molecule has 240 valence electrons. The number of nitrogens with one attached hydrogen (secondary N) is 2. The predicted octanol–water partition coefficient (Wildman–Crippen LogP) is 5.67. The number of aliphatic carboxylic acids is 1. The molecule has 0 aliphatic carbocycles. The number of fused-ring (bicyclic) bond motifs is 1. The Bertz CT molecular complexity index is 1570. The number of alkyl halides is 3. The molecule has 1 aliphatic rings. The van der Waals surface area contributed by atoms with E-state index < -0.39 is 18.2 Å². The second-order valence-electron chi connectivity index (χ2n) is 11.0. The summed E-state index contributed by atoms with van der Waals surface area (Å²) in [5, 5.41) is 22.8. The van der Waals surface area contributed by atoms with Gasteiger partial charge in [0.2, 0.25) is 0 Å². The molecule has 0 saturated carbocycles. The van der Waals surface area contributed by atoms with Gasteiger partial charge in [-0.1, -0.05) is 66.2 Å². The Hall–Kier alpha value is -3.90. The molecule has 0 radical (unpaired) electrons. The maximum Gasteiger partial charge on any atom is 0.490 e. The second kappa shape index (κ2) is 15.4. The van der Waals surface area contributed by atoms with Crippen LogP contribution >= 0.6 is 11.6 Å². The van der Waals surface area contributed by atoms with Crippen LogP contribution in [-0.4, -0.2) is 81.8 Å². The monoisotopic (exact) mass is 644 g/mol. The van der Waals surface area contributed by atoms with Crippen molar-refractivity contribution in [1.82, 2.24) is 20.1 Å². The highest BCUT2D eigenvalue weighted by molar-refractivity contribution is 6.30. The van der Waals surface area contributed by atoms with E-state index in [1.807, 2.05) is 41.4 Å². The lowest BCUT2D eigenvalue weighted by molar-refractivity contribution is -0.192. The standard InChI is InChI=1S/C31H35ClN4O2.C2HF3O2/c1-22(33-20-29(37)24-9-5-10-26(32)18-24)17-25-19-34-30-27(25)11-6-12-28(30)31(38)36-15-13-35(14-16-36)21-23-7-3-2-4-8-23;3-2(4,5)1(6)7/h2-12,18-19,22,29,33-34,37H,13-17,20-21H2,1H3;(H,6,7)/t22-,29+;/m1./s1. The smallest absolute Gasteiger partial charge is 0.475 e. The number of nitrogens with zero attached hydrogens (tertiary/aromatic N) is 2. The minimum absolute atomic E-state index is 0.0826. The van der Waals surface area contributed by atoms with Crippen LogP contribution in [0.1, 0.15) is 40.1 Å². The number of rotatable bonds is 9. The number of benzene rings is 3. The van der Waals surface area contributed by atoms with E-state index in [-0.39, 0.29) is 11.9 Å². The van der Waals surface area contributed by atoms with Gasteiger partial charge in [-0.3, -0.25) is 9.69 Å². The van der Waals surface area contributed by atoms with E-state index in [4.69, 9.17) is 21.5 Å². The lowest BCUT2D eigenvalue weighted by Gasteiger charge is -2.34. The summed E-state index contributed by atoms with van der Waals surface area (Å²) in [7, 11) is 0. The highest BCUT2D eigenvalue weighted by Crippen LogP contribution is 2.25. The first-order valence-electron chi connectivity index (χ1n) is 14.5. The lowest BCUT2D eigenvalue weighted by Crippen LogP contribution is -2.48. The Kier molecular flexibility index (Phi) is 11.6. The van der Waals surface area contributed by atoms with Gasteiger partial charge in [0.1, 0.15) is 0 Å². The summed E-state index contributed by atoms with van der Waals surface area (Å²) in [4.78, 5) is 30.1. The van der Waals surface area contributed by atoms with Crippen LogP contribution in [0.4, 0.5) is 13.2 Å². The zero-order valence-electron chi connectivity index (χ0n) is 24.7. The van der Waals surface area contributed by atoms with Crippen LogP contribution in [-0.2, 0) is 17.8 Å². The van der Waals surface area contributed by atoms with Crippen LogP contribution in [0.15, 0.2) is 79.0 Å². The first kappa shape index (κ1) is 34.0. The van der Waals surface area contributed by atoms with E-state index in [2.05, 4.69) is 52.5 Å². The second-order valence-corrected chi connectivity index (χ2v) is 11.4. The van der Waals surface area contributed by atoms with E-state index in [1.165, 1.54) is 5.56 Å². The Balaban J connectivity index is 0.000000591. The molecule has 1 aliphatic heterocycles. The van der Waals surface area contributed by atoms with Crippen molar-refractivity contribution in [2.45, 2.75) is 38.2 Å². The van der Waals surface area contributed by atoms with Gasteiger partial charge in [0.15, 0.2) is 0 Å². The minimum atomic E-state index is -5.08. The Morgan fingerprint density at radius 2 is 1.67 bits per heavy atom. The summed E-state index contributed by atoms with van der Waals surface area (Å²) in [6, 6.07) is 23.9. The molecule has 1 amide bonds. The zero-order valence-corrected chi connectivity index (χ0v) is 25.5. The van der Waals surface area contributed by atoms with Gasteiger partial charge in [0.25, 0.3) is 5.91 Å². The van der Waals surface area contributed by atoms with E-state index >= 15 is 0 Å². The molecule has 4 N–H and O–H groups in total. The van der Waals surface area contributed by atoms with Crippen molar-refractivity contribution in [3.63, 3.8) is 0 Å². The number of aliphatic hydroxyl groups excluding tert-OH is 1. The lowest BCUT2D eigenvalue weighted by atomic mass is 10.0. The first-order valence-corrected chi connectivity index (χ1v) is 14.9. The number of aromatic amines is 1. The van der Waals surface area contributed by atoms with Gasteiger partial charge >= 0.3 is 12.1 Å². The van der Waals surface area contributed by atoms with Gasteiger partial charge in [0.05, 0.1) is 17.2 Å². The molecule has 0 unspecified atom stereocenters. The maximum absolute atomic E-state index is 13.5. The van der Waals surface area contributed by atoms with Gasteiger partial charge in [0, 0.05) is 61.9 Å². The predicted molar refractivity (Wildman–Crippen MR) is 167 cm³/mol. The molecule has 1 aromatic heterocycles. The van der Waals surface area contributed by atoms with Crippen LogP contribution in [0.2, 0.25) is 5.02 Å². The molecule has 2 heterocycles. The van der Waals surface area contributed by atoms with Crippen molar-refractivity contribution in [2.24, 2.45) is 0 Å². The third-order valence-corrected chi connectivity index (χ3v) is 7.84. The van der Waals surface area contributed by atoms with Gasteiger partial charge < -0.3 is 25.4 Å². The molecular weight excluding hydrogens is 609 g/mol. The molecule has 1 saturated heterocycles. The summed E-state index contributed by atoms with van der Waals surface area (Å²) in [5.74, 6) is -2.67. The number of carbonyl (C=O) groups excluding carboxylic acids is 1. The van der Waals surface area contributed by atoms with Crippen molar-refractivity contribution in [3.8, 4) is 0 Å². The number of hydrogen-bond donors (Lipinski definition) is 4. The van der Waals surface area contributed by atoms with Gasteiger partial charge in [-0.25, -0.2) is 4.79 Å². The van der Waals surface area contributed by atoms with Gasteiger partial charge in [-0.05, 0) is 48.2 Å². The van der Waals surface area contributed by atoms with Crippen LogP contribution in [0.5, 0.6) is 0 Å². The SMILES string of the molecule is C[C@H](Cc1c[nH]c2c(C(=O)N3CCN(Cc4ccccc4)CC3)cccc12)NC[C@H](O)c1cccc(Cl)c1.O=C(O)C(F)(F)F. The fraction of sp³-hybridized carbons (Fsp3) is 0.333. The largest absolute Gasteiger partial charge is 0.490 e. The average molecular weight is 645 g/mol. The number of carboxylic acids is 1. The minimum Gasteiger partial charge on any atom is -0.475 e. The van der Waals surface area contributed by atoms with Crippen molar-refractivity contribution in [2.75, 3.05) is 32.7 Å². The number of carbonyl (C=O) groups is 2. The summed E-state index contributed by atoms with van der Waals surface area (Å²) < 4.78 is 31.7. The van der Waals surface area contributed by atoms with E-state index in [0.29, 0.717) is 11.6 Å². The fourth-order valence-corrected chi connectivity index (χ4v) is 5.43. The molecule has 1 fully saturated rings. The fourth-order valence-electron chi connectivity index (χ4n) is 5.23. The zero-order chi connectivity index (χ0) is 32.6. The van der Waals surface area contributed by atoms with E-state index in [1.54, 1.807) is 12.1 Å². The number of amides is 1. The number of hydrogen-bond acceptors (Lipinski definition) is 5. The third kappa shape index (κ3) is 9.54. The number of H-pyrrole nitrogens is 1. The highest BCUT2D eigenvalue weighted by atomic mass is 35.5. The van der Waals surface area contributed by atoms with Gasteiger partial charge in [-0.15, -0.1) is 0 Å². The molecule has 12 heteroatoms. The Labute approximate surface area is 264 Å². The van der Waals surface area contributed by atoms with Crippen LogP contribution in [0.25, 0.3) is 10.9 Å². The normalized spacial score (nSPS) is 15.3. The van der Waals surface area contributed by atoms with E-state index in [9.17, 15) is 23.1 Å². The number of para-hydroxylation sites is 1. The molecule has 8 nitrogen and oxygen atoms in total. The summed E-state index contributed by atoms with van der Waals surface area (Å²) >= 11 is 6.06. The molecule has 5 rings (SSSR count). The first-order chi connectivity index (χ1) is 21.4. The van der Waals surface area contributed by atoms with Crippen LogP contribution < -0.4 is 5.32 Å². The number of piperazine rings is 1. The summed E-state index contributed by atoms with van der Waals surface area (Å²) in [6.45, 7) is 6.66. The molecule has 45 heavy (non-hydrogen) atoms. The molecule has 0 spiro atoms. The van der Waals surface area contributed by atoms with Crippen LogP contribution in [0.3, 0.4) is 0 Å². The van der Waals surface area contributed by atoms with Crippen molar-refractivity contribution in [3.05, 3.63) is 106 Å². The summed E-state index contributed by atoms with van der Waals surface area (Å²) in [5.41, 5.74) is 4.87. The molecule has 4 aromatic rings. The van der Waals surface area contributed by atoms with Crippen molar-refractivity contribution >= 4 is 34.4 Å². The number of carboxylic acid groups (broad SMARTS) is 1. The summed E-state index contributed by atoms with van der Waals surface area (Å²) in [6.07, 6.45) is -2.93. The molecule has 0 bridgehead atoms. The molecular formula is C33H36ClF3N4O4. The number of aromatic nitrogens is 1. The van der Waals surface area contributed by atoms with Gasteiger partial charge in [-0.2, -0.15) is 13.2 Å². The van der Waals surface area contributed by atoms with E-state index in [0.717, 1.165) is 66.7 Å². The average Bonchev–Trinajstić information content (AvgIpc) is 3.43. The van der Waals surface area contributed by atoms with Crippen LogP contribution in [0, 0.1) is 0 Å². The van der Waals surface area contributed by atoms with Crippen molar-refractivity contribution in [1.29, 1.82) is 0 Å². The number of aliphatic hydroxyl groups is 1.